The predicted molar refractivity (Wildman–Crippen MR) is 88.5 cm³/mol. The van der Waals surface area contributed by atoms with E-state index in [4.69, 9.17) is 10.00 Å². The number of phenols is 1. The lowest BCUT2D eigenvalue weighted by molar-refractivity contribution is -0.117. The van der Waals surface area contributed by atoms with Crippen molar-refractivity contribution in [3.05, 3.63) is 27.7 Å². The highest BCUT2D eigenvalue weighted by Gasteiger charge is 2.13. The molecule has 1 amide bonds. The van der Waals surface area contributed by atoms with Crippen LogP contribution in [-0.2, 0) is 4.79 Å². The second-order valence-electron chi connectivity index (χ2n) is 4.74. The van der Waals surface area contributed by atoms with E-state index < -0.39 is 5.91 Å². The molecular formula is C16H19BrN2O3. The first-order valence-electron chi connectivity index (χ1n) is 7.00. The van der Waals surface area contributed by atoms with Crippen LogP contribution in [0.15, 0.2) is 22.2 Å². The zero-order chi connectivity index (χ0) is 16.7. The van der Waals surface area contributed by atoms with Crippen LogP contribution in [-0.4, -0.2) is 23.7 Å². The van der Waals surface area contributed by atoms with E-state index in [9.17, 15) is 9.90 Å². The SMILES string of the molecule is CCOc1cc(/C=C(\C#N)C(=O)N[C@H](C)CC)cc(Br)c1O. The molecule has 6 heteroatoms. The van der Waals surface area contributed by atoms with Gasteiger partial charge in [0, 0.05) is 6.04 Å². The smallest absolute Gasteiger partial charge is 0.262 e. The number of nitriles is 1. The van der Waals surface area contributed by atoms with E-state index in [1.165, 1.54) is 6.08 Å². The third-order valence-electron chi connectivity index (χ3n) is 3.02. The van der Waals surface area contributed by atoms with Gasteiger partial charge in [0.15, 0.2) is 11.5 Å². The fourth-order valence-corrected chi connectivity index (χ4v) is 2.12. The van der Waals surface area contributed by atoms with Crippen molar-refractivity contribution in [3.63, 3.8) is 0 Å². The zero-order valence-electron chi connectivity index (χ0n) is 12.8. The number of nitrogens with one attached hydrogen (secondary N) is 1. The molecule has 5 nitrogen and oxygen atoms in total. The minimum Gasteiger partial charge on any atom is -0.503 e. The molecule has 0 spiro atoms. The number of carbonyl (C=O) groups excluding carboxylic acids is 1. The molecule has 0 aliphatic carbocycles. The number of ether oxygens (including phenoxy) is 1. The summed E-state index contributed by atoms with van der Waals surface area (Å²) < 4.78 is 5.76. The summed E-state index contributed by atoms with van der Waals surface area (Å²) in [4.78, 5) is 12.0. The summed E-state index contributed by atoms with van der Waals surface area (Å²) in [5, 5.41) is 21.8. The maximum Gasteiger partial charge on any atom is 0.262 e. The Morgan fingerprint density at radius 1 is 1.55 bits per heavy atom. The van der Waals surface area contributed by atoms with E-state index in [0.717, 1.165) is 6.42 Å². The standard InChI is InChI=1S/C16H19BrN2O3/c1-4-10(3)19-16(21)12(9-18)6-11-7-13(17)15(20)14(8-11)22-5-2/h6-8,10,20H,4-5H2,1-3H3,(H,19,21)/b12-6+/t10-/m1/s1. The average Bonchev–Trinajstić information content (AvgIpc) is 2.49. The van der Waals surface area contributed by atoms with Gasteiger partial charge in [-0.2, -0.15) is 5.26 Å². The van der Waals surface area contributed by atoms with Crippen molar-refractivity contribution < 1.29 is 14.6 Å². The van der Waals surface area contributed by atoms with Crippen LogP contribution < -0.4 is 10.1 Å². The minimum absolute atomic E-state index is 0.000313. The molecule has 1 rings (SSSR count). The third-order valence-corrected chi connectivity index (χ3v) is 3.62. The number of halogens is 1. The summed E-state index contributed by atoms with van der Waals surface area (Å²) in [5.74, 6) is -0.136. The van der Waals surface area contributed by atoms with Gasteiger partial charge in [-0.3, -0.25) is 4.79 Å². The number of aromatic hydroxyl groups is 1. The molecule has 1 aromatic carbocycles. The molecule has 2 N–H and O–H groups in total. The van der Waals surface area contributed by atoms with Crippen LogP contribution in [0.1, 0.15) is 32.8 Å². The predicted octanol–water partition coefficient (Wildman–Crippen LogP) is 3.38. The van der Waals surface area contributed by atoms with E-state index in [-0.39, 0.29) is 17.4 Å². The lowest BCUT2D eigenvalue weighted by Crippen LogP contribution is -2.32. The van der Waals surface area contributed by atoms with Crippen LogP contribution in [0.5, 0.6) is 11.5 Å². The number of benzene rings is 1. The summed E-state index contributed by atoms with van der Waals surface area (Å²) in [6.07, 6.45) is 2.24. The summed E-state index contributed by atoms with van der Waals surface area (Å²) in [6, 6.07) is 5.09. The Labute approximate surface area is 138 Å². The van der Waals surface area contributed by atoms with E-state index in [1.54, 1.807) is 19.1 Å². The van der Waals surface area contributed by atoms with Crippen molar-refractivity contribution in [2.24, 2.45) is 0 Å². The van der Waals surface area contributed by atoms with Crippen LogP contribution in [0.4, 0.5) is 0 Å². The Balaban J connectivity index is 3.13. The average molecular weight is 367 g/mol. The summed E-state index contributed by atoms with van der Waals surface area (Å²) in [6.45, 7) is 6.02. The summed E-state index contributed by atoms with van der Waals surface area (Å²) in [5.41, 5.74) is 0.587. The van der Waals surface area contributed by atoms with E-state index in [0.29, 0.717) is 22.4 Å². The molecule has 0 aromatic heterocycles. The normalized spacial score (nSPS) is 12.4. The number of nitrogens with zero attached hydrogens (tertiary/aromatic N) is 1. The highest BCUT2D eigenvalue weighted by Crippen LogP contribution is 2.36. The van der Waals surface area contributed by atoms with Crippen LogP contribution in [0.2, 0.25) is 0 Å². The molecule has 0 saturated heterocycles. The molecule has 22 heavy (non-hydrogen) atoms. The lowest BCUT2D eigenvalue weighted by Gasteiger charge is -2.11. The van der Waals surface area contributed by atoms with Crippen molar-refractivity contribution in [2.45, 2.75) is 33.2 Å². The maximum atomic E-state index is 12.0. The third kappa shape index (κ3) is 4.78. The van der Waals surface area contributed by atoms with E-state index in [1.807, 2.05) is 19.9 Å². The molecule has 0 saturated carbocycles. The number of amides is 1. The van der Waals surface area contributed by atoms with Crippen LogP contribution in [0, 0.1) is 11.3 Å². The van der Waals surface area contributed by atoms with Gasteiger partial charge in [0.25, 0.3) is 5.91 Å². The number of rotatable bonds is 6. The van der Waals surface area contributed by atoms with Gasteiger partial charge < -0.3 is 15.2 Å². The van der Waals surface area contributed by atoms with Gasteiger partial charge in [-0.15, -0.1) is 0 Å². The van der Waals surface area contributed by atoms with Gasteiger partial charge in [-0.25, -0.2) is 0 Å². The maximum absolute atomic E-state index is 12.0. The number of hydrogen-bond donors (Lipinski definition) is 2. The second-order valence-corrected chi connectivity index (χ2v) is 5.59. The first kappa shape index (κ1) is 18.1. The number of hydrogen-bond acceptors (Lipinski definition) is 4. The Morgan fingerprint density at radius 3 is 2.77 bits per heavy atom. The molecular weight excluding hydrogens is 348 g/mol. The Bertz CT molecular complexity index is 621. The van der Waals surface area contributed by atoms with Crippen LogP contribution in [0.3, 0.4) is 0 Å². The quantitative estimate of drug-likeness (QED) is 0.597. The highest BCUT2D eigenvalue weighted by atomic mass is 79.9. The van der Waals surface area contributed by atoms with Crippen molar-refractivity contribution >= 4 is 27.9 Å². The Hall–Kier alpha value is -2.00. The van der Waals surface area contributed by atoms with Crippen molar-refractivity contribution in [3.8, 4) is 17.6 Å². The number of carbonyl (C=O) groups is 1. The fourth-order valence-electron chi connectivity index (χ4n) is 1.66. The van der Waals surface area contributed by atoms with Gasteiger partial charge in [-0.05, 0) is 60.0 Å². The summed E-state index contributed by atoms with van der Waals surface area (Å²) in [7, 11) is 0. The van der Waals surface area contributed by atoms with Crippen molar-refractivity contribution in [1.82, 2.24) is 5.32 Å². The van der Waals surface area contributed by atoms with Gasteiger partial charge in [-0.1, -0.05) is 6.92 Å². The van der Waals surface area contributed by atoms with Gasteiger partial charge in [0.1, 0.15) is 11.6 Å². The van der Waals surface area contributed by atoms with E-state index in [2.05, 4.69) is 21.2 Å². The topological polar surface area (TPSA) is 82.3 Å². The Kier molecular flexibility index (Phi) is 6.93. The molecule has 1 aromatic rings. The molecule has 0 radical (unpaired) electrons. The second kappa shape index (κ2) is 8.44. The number of phenolic OH excluding ortho intramolecular Hbond substituents is 1. The summed E-state index contributed by atoms with van der Waals surface area (Å²) >= 11 is 3.22. The molecule has 0 heterocycles. The van der Waals surface area contributed by atoms with E-state index >= 15 is 0 Å². The molecule has 118 valence electrons. The molecule has 1 atom stereocenters. The Morgan fingerprint density at radius 2 is 2.23 bits per heavy atom. The highest BCUT2D eigenvalue weighted by molar-refractivity contribution is 9.10. The largest absolute Gasteiger partial charge is 0.503 e. The van der Waals surface area contributed by atoms with Crippen molar-refractivity contribution in [1.29, 1.82) is 5.26 Å². The minimum atomic E-state index is -0.418. The van der Waals surface area contributed by atoms with Gasteiger partial charge in [0.05, 0.1) is 11.1 Å². The fraction of sp³-hybridized carbons (Fsp3) is 0.375. The monoisotopic (exact) mass is 366 g/mol. The zero-order valence-corrected chi connectivity index (χ0v) is 14.4. The molecule has 0 aliphatic rings. The van der Waals surface area contributed by atoms with Crippen molar-refractivity contribution in [2.75, 3.05) is 6.61 Å². The first-order valence-corrected chi connectivity index (χ1v) is 7.80. The first-order chi connectivity index (χ1) is 10.4. The molecule has 0 bridgehead atoms. The van der Waals surface area contributed by atoms with Crippen LogP contribution >= 0.6 is 15.9 Å². The van der Waals surface area contributed by atoms with Gasteiger partial charge in [0.2, 0.25) is 0 Å². The van der Waals surface area contributed by atoms with Crippen LogP contribution in [0.25, 0.3) is 6.08 Å². The lowest BCUT2D eigenvalue weighted by atomic mass is 10.1. The molecule has 0 aliphatic heterocycles. The molecule has 0 fully saturated rings. The van der Waals surface area contributed by atoms with Gasteiger partial charge >= 0.3 is 0 Å². The molecule has 0 unspecified atom stereocenters.